The van der Waals surface area contributed by atoms with Gasteiger partial charge < -0.3 is 20.1 Å². The number of nitrogens with zero attached hydrogens (tertiary/aromatic N) is 1. The number of nitrogens with one attached hydrogen (secondary N) is 3. The summed E-state index contributed by atoms with van der Waals surface area (Å²) >= 11 is 6.12. The van der Waals surface area contributed by atoms with Crippen molar-refractivity contribution in [1.29, 1.82) is 0 Å². The molecule has 0 saturated heterocycles. The maximum absolute atomic E-state index is 13.1. The van der Waals surface area contributed by atoms with Crippen LogP contribution in [0.15, 0.2) is 66.7 Å². The molecule has 2 heterocycles. The van der Waals surface area contributed by atoms with Gasteiger partial charge in [0.25, 0.3) is 5.91 Å². The van der Waals surface area contributed by atoms with Crippen molar-refractivity contribution in [2.75, 3.05) is 22.9 Å². The Bertz CT molecular complexity index is 1500. The number of carbonyl (C=O) groups is 3. The Labute approximate surface area is 204 Å². The molecule has 5 rings (SSSR count). The van der Waals surface area contributed by atoms with Crippen molar-refractivity contribution >= 4 is 51.6 Å². The molecule has 10 heteroatoms. The number of carbonyl (C=O) groups excluding carboxylic acids is 3. The maximum Gasteiger partial charge on any atom is 0.328 e. The minimum Gasteiger partial charge on any atom is -0.454 e. The van der Waals surface area contributed by atoms with E-state index in [4.69, 9.17) is 21.1 Å². The van der Waals surface area contributed by atoms with Gasteiger partial charge in [-0.3, -0.25) is 19.8 Å². The van der Waals surface area contributed by atoms with Gasteiger partial charge in [-0.05, 0) is 55.0 Å². The highest BCUT2D eigenvalue weighted by atomic mass is 35.5. The van der Waals surface area contributed by atoms with Crippen molar-refractivity contribution in [3.63, 3.8) is 0 Å². The lowest BCUT2D eigenvalue weighted by atomic mass is 10.2. The highest BCUT2D eigenvalue weighted by Gasteiger charge is 2.22. The van der Waals surface area contributed by atoms with Crippen LogP contribution in [0.4, 0.5) is 11.4 Å². The third kappa shape index (κ3) is 4.49. The molecule has 0 atom stereocenters. The molecule has 1 aromatic heterocycles. The molecular formula is C25H19ClN4O5. The Balaban J connectivity index is 1.41. The molecule has 1 aliphatic heterocycles. The predicted molar refractivity (Wildman–Crippen MR) is 132 cm³/mol. The zero-order valence-corrected chi connectivity index (χ0v) is 19.2. The molecule has 3 aromatic carbocycles. The van der Waals surface area contributed by atoms with Gasteiger partial charge in [0.1, 0.15) is 5.69 Å². The lowest BCUT2D eigenvalue weighted by molar-refractivity contribution is -0.133. The fourth-order valence-corrected chi connectivity index (χ4v) is 3.87. The van der Waals surface area contributed by atoms with Gasteiger partial charge in [0, 0.05) is 27.8 Å². The number of para-hydroxylation sites is 1. The van der Waals surface area contributed by atoms with Crippen LogP contribution >= 0.6 is 11.6 Å². The summed E-state index contributed by atoms with van der Waals surface area (Å²) in [6, 6.07) is 18.6. The van der Waals surface area contributed by atoms with E-state index in [9.17, 15) is 14.4 Å². The molecule has 4 aromatic rings. The average molecular weight is 491 g/mol. The third-order valence-corrected chi connectivity index (χ3v) is 5.67. The molecule has 176 valence electrons. The van der Waals surface area contributed by atoms with Crippen molar-refractivity contribution in [2.24, 2.45) is 0 Å². The number of aromatic nitrogens is 1. The van der Waals surface area contributed by atoms with Crippen LogP contribution in [0.1, 0.15) is 16.1 Å². The molecule has 35 heavy (non-hydrogen) atoms. The van der Waals surface area contributed by atoms with Crippen molar-refractivity contribution < 1.29 is 23.9 Å². The first kappa shape index (κ1) is 22.3. The standard InChI is InChI=1S/C25H19ClN4O5/c1-14-4-2-3-5-18(14)28-23(31)20-11-15-10-16(26)6-8-19(15)30(20)29-25(33)24(32)27-17-7-9-21-22(12-17)35-13-34-21/h2-12H,13H2,1H3,(H,27,32)(H,28,31)(H,29,33). The van der Waals surface area contributed by atoms with Gasteiger partial charge >= 0.3 is 11.8 Å². The molecule has 0 spiro atoms. The van der Waals surface area contributed by atoms with E-state index in [0.717, 1.165) is 5.56 Å². The summed E-state index contributed by atoms with van der Waals surface area (Å²) in [6.07, 6.45) is 0. The van der Waals surface area contributed by atoms with E-state index in [0.29, 0.717) is 38.8 Å². The minimum absolute atomic E-state index is 0.0886. The number of benzene rings is 3. The SMILES string of the molecule is Cc1ccccc1NC(=O)c1cc2cc(Cl)ccc2n1NC(=O)C(=O)Nc1ccc2c(c1)OCO2. The molecule has 9 nitrogen and oxygen atoms in total. The second-order valence-corrected chi connectivity index (χ2v) is 8.24. The summed E-state index contributed by atoms with van der Waals surface area (Å²) in [4.78, 5) is 38.6. The molecule has 3 amide bonds. The monoisotopic (exact) mass is 490 g/mol. The number of halogens is 1. The van der Waals surface area contributed by atoms with Gasteiger partial charge in [-0.15, -0.1) is 0 Å². The maximum atomic E-state index is 13.1. The van der Waals surface area contributed by atoms with E-state index in [2.05, 4.69) is 16.1 Å². The Hall–Kier alpha value is -4.50. The van der Waals surface area contributed by atoms with E-state index in [1.165, 1.54) is 4.68 Å². The number of ether oxygens (including phenoxy) is 2. The fourth-order valence-electron chi connectivity index (χ4n) is 3.69. The van der Waals surface area contributed by atoms with Crippen LogP contribution in [0.3, 0.4) is 0 Å². The number of aryl methyl sites for hydroxylation is 1. The number of hydrogen-bond donors (Lipinski definition) is 3. The van der Waals surface area contributed by atoms with Crippen LogP contribution in [0.5, 0.6) is 11.5 Å². The number of amides is 3. The normalized spacial score (nSPS) is 11.8. The predicted octanol–water partition coefficient (Wildman–Crippen LogP) is 4.29. The summed E-state index contributed by atoms with van der Waals surface area (Å²) in [5.74, 6) is -1.35. The summed E-state index contributed by atoms with van der Waals surface area (Å²) in [5, 5.41) is 6.43. The number of fused-ring (bicyclic) bond motifs is 2. The largest absolute Gasteiger partial charge is 0.454 e. The fraction of sp³-hybridized carbons (Fsp3) is 0.0800. The Morgan fingerprint density at radius 2 is 1.69 bits per heavy atom. The first-order chi connectivity index (χ1) is 16.9. The van der Waals surface area contributed by atoms with Crippen LogP contribution < -0.4 is 25.5 Å². The van der Waals surface area contributed by atoms with Crippen molar-refractivity contribution in [3.8, 4) is 11.5 Å². The van der Waals surface area contributed by atoms with Crippen LogP contribution in [0.25, 0.3) is 10.9 Å². The van der Waals surface area contributed by atoms with E-state index in [1.807, 2.05) is 19.1 Å². The molecule has 0 unspecified atom stereocenters. The summed E-state index contributed by atoms with van der Waals surface area (Å²) < 4.78 is 11.8. The third-order valence-electron chi connectivity index (χ3n) is 5.44. The van der Waals surface area contributed by atoms with E-state index < -0.39 is 17.7 Å². The van der Waals surface area contributed by atoms with Gasteiger partial charge in [-0.1, -0.05) is 29.8 Å². The lowest BCUT2D eigenvalue weighted by Gasteiger charge is -2.13. The van der Waals surface area contributed by atoms with Crippen molar-refractivity contribution in [3.05, 3.63) is 83.0 Å². The quantitative estimate of drug-likeness (QED) is 0.369. The van der Waals surface area contributed by atoms with Gasteiger partial charge in [0.15, 0.2) is 11.5 Å². The molecule has 0 saturated carbocycles. The van der Waals surface area contributed by atoms with Crippen LogP contribution in [0.2, 0.25) is 5.02 Å². The minimum atomic E-state index is -0.972. The summed E-state index contributed by atoms with van der Waals surface area (Å²) in [7, 11) is 0. The zero-order valence-electron chi connectivity index (χ0n) is 18.4. The van der Waals surface area contributed by atoms with Gasteiger partial charge in [-0.25, -0.2) is 4.68 Å². The number of rotatable bonds is 4. The van der Waals surface area contributed by atoms with Crippen molar-refractivity contribution in [1.82, 2.24) is 4.68 Å². The first-order valence-corrected chi connectivity index (χ1v) is 11.0. The number of hydrogen-bond acceptors (Lipinski definition) is 5. The molecule has 0 fully saturated rings. The van der Waals surface area contributed by atoms with Gasteiger partial charge in [0.05, 0.1) is 5.52 Å². The average Bonchev–Trinajstić information content (AvgIpc) is 3.44. The smallest absolute Gasteiger partial charge is 0.328 e. The van der Waals surface area contributed by atoms with E-state index >= 15 is 0 Å². The van der Waals surface area contributed by atoms with Gasteiger partial charge in [0.2, 0.25) is 6.79 Å². The lowest BCUT2D eigenvalue weighted by Crippen LogP contribution is -2.36. The molecule has 3 N–H and O–H groups in total. The Kier molecular flexibility index (Phi) is 5.76. The molecule has 1 aliphatic rings. The highest BCUT2D eigenvalue weighted by molar-refractivity contribution is 6.42. The van der Waals surface area contributed by atoms with Gasteiger partial charge in [-0.2, -0.15) is 0 Å². The molecule has 0 bridgehead atoms. The molecule has 0 aliphatic carbocycles. The van der Waals surface area contributed by atoms with Crippen molar-refractivity contribution in [2.45, 2.75) is 6.92 Å². The summed E-state index contributed by atoms with van der Waals surface area (Å²) in [5.41, 5.74) is 4.98. The molecular weight excluding hydrogens is 472 g/mol. The van der Waals surface area contributed by atoms with Crippen LogP contribution in [0, 0.1) is 6.92 Å². The topological polar surface area (TPSA) is 111 Å². The highest BCUT2D eigenvalue weighted by Crippen LogP contribution is 2.34. The first-order valence-electron chi connectivity index (χ1n) is 10.6. The number of anilines is 2. The Morgan fingerprint density at radius 3 is 2.51 bits per heavy atom. The van der Waals surface area contributed by atoms with Crippen LogP contribution in [-0.2, 0) is 9.59 Å². The zero-order chi connectivity index (χ0) is 24.5. The molecule has 0 radical (unpaired) electrons. The van der Waals surface area contributed by atoms with E-state index in [-0.39, 0.29) is 12.5 Å². The van der Waals surface area contributed by atoms with Crippen LogP contribution in [-0.4, -0.2) is 29.2 Å². The Morgan fingerprint density at radius 1 is 0.886 bits per heavy atom. The summed E-state index contributed by atoms with van der Waals surface area (Å²) in [6.45, 7) is 1.96. The second kappa shape index (κ2) is 9.03. The van der Waals surface area contributed by atoms with E-state index in [1.54, 1.807) is 54.6 Å². The second-order valence-electron chi connectivity index (χ2n) is 7.80.